The molecule has 142 heavy (non-hydrogen) atoms. The second-order valence-electron chi connectivity index (χ2n) is 36.0. The molecule has 0 spiro atoms. The third-order valence-electron chi connectivity index (χ3n) is 27.8. The zero-order valence-corrected chi connectivity index (χ0v) is 77.2. The molecule has 10 heteroatoms. The Morgan fingerprint density at radius 3 is 0.831 bits per heavy atom. The Bertz CT molecular complexity index is 9490. The lowest BCUT2D eigenvalue weighted by Crippen LogP contribution is -2.08. The number of phenolic OH excluding ortho intramolecular Hbond substituents is 4. The van der Waals surface area contributed by atoms with Gasteiger partial charge in [-0.2, -0.15) is 0 Å². The van der Waals surface area contributed by atoms with Gasteiger partial charge in [-0.1, -0.05) is 328 Å². The molecule has 4 N–H and O–H groups in total. The van der Waals surface area contributed by atoms with Gasteiger partial charge in [-0.3, -0.25) is 19.2 Å². The first-order valence-electron chi connectivity index (χ1n) is 47.5. The van der Waals surface area contributed by atoms with Crippen molar-refractivity contribution in [3.8, 4) is 79.0 Å². The first kappa shape index (κ1) is 87.4. The van der Waals surface area contributed by atoms with Gasteiger partial charge in [0.25, 0.3) is 0 Å². The molecule has 0 amide bonds. The van der Waals surface area contributed by atoms with E-state index in [1.54, 1.807) is 104 Å². The van der Waals surface area contributed by atoms with Crippen molar-refractivity contribution >= 4 is 163 Å². The minimum absolute atomic E-state index is 0.00554. The summed E-state index contributed by atoms with van der Waals surface area (Å²) in [7, 11) is 1.66. The number of rotatable bonds is 13. The molecule has 25 aromatic carbocycles. The number of fused-ring (bicyclic) bond motifs is 22. The molecular formula is C132H88O10. The Labute approximate surface area is 817 Å². The topological polar surface area (TPSA) is 168 Å². The van der Waals surface area contributed by atoms with Crippen LogP contribution in [0.1, 0.15) is 75.7 Å². The van der Waals surface area contributed by atoms with Crippen LogP contribution in [0.25, 0.3) is 185 Å². The molecule has 0 saturated heterocycles. The second-order valence-corrected chi connectivity index (χ2v) is 36.0. The first-order valence-corrected chi connectivity index (χ1v) is 47.5. The van der Waals surface area contributed by atoms with Crippen molar-refractivity contribution in [2.24, 2.45) is 0 Å². The van der Waals surface area contributed by atoms with Crippen LogP contribution >= 0.6 is 0 Å². The summed E-state index contributed by atoms with van der Waals surface area (Å²) in [6.45, 7) is 0.769. The van der Waals surface area contributed by atoms with Crippen LogP contribution in [0.2, 0.25) is 0 Å². The predicted molar refractivity (Wildman–Crippen MR) is 582 cm³/mol. The number of benzene rings is 25. The number of carbonyl (C=O) groups is 4. The molecule has 0 unspecified atom stereocenters. The van der Waals surface area contributed by atoms with E-state index in [0.29, 0.717) is 44.5 Å². The summed E-state index contributed by atoms with van der Waals surface area (Å²) in [5.41, 5.74) is 13.8. The largest absolute Gasteiger partial charge is 0.507 e. The van der Waals surface area contributed by atoms with Gasteiger partial charge in [0.15, 0.2) is 23.1 Å². The average Bonchev–Trinajstić information content (AvgIpc) is 0.730. The summed E-state index contributed by atoms with van der Waals surface area (Å²) in [6.07, 6.45) is 2.04. The number of hydrogen-bond acceptors (Lipinski definition) is 10. The van der Waals surface area contributed by atoms with Gasteiger partial charge < -0.3 is 29.9 Å². The number of aryl methyl sites for hydroxylation is 1. The number of ether oxygens (including phenoxy) is 2. The van der Waals surface area contributed by atoms with Crippen LogP contribution in [0.15, 0.2) is 455 Å². The van der Waals surface area contributed by atoms with Crippen LogP contribution in [-0.2, 0) is 6.42 Å². The minimum Gasteiger partial charge on any atom is -0.507 e. The number of methoxy groups -OCH3 is 1. The summed E-state index contributed by atoms with van der Waals surface area (Å²) in [5, 5.41) is 68.7. The zero-order valence-electron chi connectivity index (χ0n) is 77.2. The van der Waals surface area contributed by atoms with E-state index in [0.717, 1.165) is 205 Å². The molecule has 0 bridgehead atoms. The molecule has 1 heterocycles. The summed E-state index contributed by atoms with van der Waals surface area (Å²) in [5.74, 6) is 1.00. The number of phenols is 4. The summed E-state index contributed by atoms with van der Waals surface area (Å²) in [4.78, 5) is 55.4. The third-order valence-corrected chi connectivity index (χ3v) is 27.8. The number of hydrogen-bond donors (Lipinski definition) is 4. The highest BCUT2D eigenvalue weighted by Crippen LogP contribution is 2.49. The van der Waals surface area contributed by atoms with Gasteiger partial charge in [0.05, 0.1) is 36.0 Å². The van der Waals surface area contributed by atoms with Gasteiger partial charge in [0, 0.05) is 43.8 Å². The van der Waals surface area contributed by atoms with Crippen molar-refractivity contribution in [1.29, 1.82) is 0 Å². The fourth-order valence-corrected chi connectivity index (χ4v) is 21.1. The number of aromatic hydroxyl groups is 4. The van der Waals surface area contributed by atoms with E-state index in [2.05, 4.69) is 182 Å². The van der Waals surface area contributed by atoms with E-state index in [1.807, 2.05) is 176 Å². The molecular weight excluding hydrogens is 1750 g/mol. The van der Waals surface area contributed by atoms with Crippen LogP contribution in [0, 0.1) is 0 Å². The van der Waals surface area contributed by atoms with Crippen LogP contribution in [-0.4, -0.2) is 57.3 Å². The lowest BCUT2D eigenvalue weighted by atomic mass is 9.86. The van der Waals surface area contributed by atoms with Crippen molar-refractivity contribution in [2.45, 2.75) is 12.8 Å². The predicted octanol–water partition coefficient (Wildman–Crippen LogP) is 32.5. The Hall–Kier alpha value is -18.6. The highest BCUT2D eigenvalue weighted by atomic mass is 16.5. The SMILES string of the molecule is COc1ccc(-c2cc3c4ccccc4cc(C(=O)c4ccccc4O)c3c3ccccc23)cc1.O=C(c1ccccc1O)c1cc2ccccc2c2cc(-c3ccc4c(c3)CCCO4)c3ccccc3c12.O=C(c1ccccc1O)c1cc2ccccc2c2cc(-c3ccc4ccccc4c3)c3ccccc3c12.O=C(c1ccccc1O)c1cc2ccccc2c2cc(-c3ccccc3)c3ccccc3c12. The Morgan fingerprint density at radius 2 is 0.486 bits per heavy atom. The van der Waals surface area contributed by atoms with E-state index in [9.17, 15) is 39.6 Å². The van der Waals surface area contributed by atoms with Crippen LogP contribution in [0.4, 0.5) is 0 Å². The molecule has 0 radical (unpaired) electrons. The molecule has 26 rings (SSSR count). The van der Waals surface area contributed by atoms with Gasteiger partial charge in [-0.15, -0.1) is 0 Å². The highest BCUT2D eigenvalue weighted by Gasteiger charge is 2.28. The van der Waals surface area contributed by atoms with E-state index in [1.165, 1.54) is 16.3 Å². The monoisotopic (exact) mass is 1830 g/mol. The number of ketones is 4. The highest BCUT2D eigenvalue weighted by molar-refractivity contribution is 6.35. The molecule has 0 atom stereocenters. The summed E-state index contributed by atoms with van der Waals surface area (Å²) >= 11 is 0. The second kappa shape index (κ2) is 37.1. The minimum atomic E-state index is -0.193. The van der Waals surface area contributed by atoms with Crippen molar-refractivity contribution < 1.29 is 49.1 Å². The molecule has 0 saturated carbocycles. The number of para-hydroxylation sites is 4. The van der Waals surface area contributed by atoms with Gasteiger partial charge in [0.2, 0.25) is 0 Å². The standard InChI is InChI=1S/C35H22O2.C34H24O3.C32H22O3.C31H20O2/c36-33-16-8-7-15-29(33)35(37)32-20-24-11-3-4-12-26(24)31-21-30(27-13-5-6-14-28(27)34(31)32)25-18-17-22-9-1-2-10-23(22)19-25;35-31-14-6-5-13-27(31)34(36)30-19-21-8-1-2-10-24(21)29-20-28(25-11-3-4-12-26(25)33(29)30)22-15-16-32-23(18-22)9-7-17-37-32;1-35-22-16-14-20(15-17-22)27-19-28-23-9-3-2-8-21(23)18-29(31(28)25-11-5-4-10-24(25)27)32(34)26-12-6-7-13-30(26)33;32-29-17-9-8-16-25(29)31(33)28-18-21-12-4-5-13-22(21)27-19-26(20-10-2-1-3-11-20)23-14-6-7-15-24(23)30(27)28/h1-21,36H;1-6,8,10-16,18-20,35H,7,9,17H2;2-19,33H,1H3;1-19,32H. The first-order chi connectivity index (χ1) is 69.7. The Kier molecular flexibility index (Phi) is 22.8. The van der Waals surface area contributed by atoms with Crippen LogP contribution in [0.5, 0.6) is 34.5 Å². The summed E-state index contributed by atoms with van der Waals surface area (Å²) < 4.78 is 11.2. The van der Waals surface area contributed by atoms with E-state index < -0.39 is 0 Å². The fourth-order valence-electron chi connectivity index (χ4n) is 21.1. The summed E-state index contributed by atoms with van der Waals surface area (Å²) in [6, 6.07) is 149. The molecule has 0 aliphatic carbocycles. The van der Waals surface area contributed by atoms with Crippen molar-refractivity contribution in [3.05, 3.63) is 505 Å². The average molecular weight is 1830 g/mol. The van der Waals surface area contributed by atoms with Crippen molar-refractivity contribution in [2.75, 3.05) is 13.7 Å². The number of carbonyl (C=O) groups excluding carboxylic acids is 4. The third kappa shape index (κ3) is 15.8. The fraction of sp³-hybridized carbons (Fsp3) is 0.0303. The van der Waals surface area contributed by atoms with Gasteiger partial charge in [-0.25, -0.2) is 0 Å². The lowest BCUT2D eigenvalue weighted by molar-refractivity contribution is 0.103. The maximum absolute atomic E-state index is 13.9. The smallest absolute Gasteiger partial charge is 0.197 e. The molecule has 25 aromatic rings. The molecule has 1 aliphatic rings. The molecule has 0 fully saturated rings. The maximum Gasteiger partial charge on any atom is 0.197 e. The van der Waals surface area contributed by atoms with Crippen molar-refractivity contribution in [1.82, 2.24) is 0 Å². The lowest BCUT2D eigenvalue weighted by Gasteiger charge is -2.20. The van der Waals surface area contributed by atoms with E-state index in [4.69, 9.17) is 9.47 Å². The van der Waals surface area contributed by atoms with Crippen LogP contribution in [0.3, 0.4) is 0 Å². The zero-order chi connectivity index (χ0) is 96.2. The van der Waals surface area contributed by atoms with Gasteiger partial charge in [-0.05, 0) is 309 Å². The maximum atomic E-state index is 13.9. The normalized spacial score (nSPS) is 11.8. The quantitative estimate of drug-likeness (QED) is 0.0644. The molecule has 0 aromatic heterocycles. The van der Waals surface area contributed by atoms with Gasteiger partial charge in [0.1, 0.15) is 34.5 Å². The molecule has 1 aliphatic heterocycles. The van der Waals surface area contributed by atoms with Crippen molar-refractivity contribution in [3.63, 3.8) is 0 Å². The van der Waals surface area contributed by atoms with E-state index in [-0.39, 0.29) is 46.1 Å². The van der Waals surface area contributed by atoms with Gasteiger partial charge >= 0.3 is 0 Å². The molecule has 10 nitrogen and oxygen atoms in total. The Morgan fingerprint density at radius 1 is 0.218 bits per heavy atom. The van der Waals surface area contributed by atoms with Crippen LogP contribution < -0.4 is 9.47 Å². The van der Waals surface area contributed by atoms with E-state index >= 15 is 0 Å². The molecule has 676 valence electrons. The Balaban J connectivity index is 0.000000105.